The molecule has 1 amide bonds. The summed E-state index contributed by atoms with van der Waals surface area (Å²) in [4.78, 5) is 20.5. The highest BCUT2D eigenvalue weighted by Gasteiger charge is 2.20. The van der Waals surface area contributed by atoms with E-state index >= 15 is 0 Å². The Labute approximate surface area is 147 Å². The average Bonchev–Trinajstić information content (AvgIpc) is 2.62. The molecule has 0 atom stereocenters. The number of carbonyl (C=O) groups excluding carboxylic acids is 1. The Morgan fingerprint density at radius 2 is 1.88 bits per heavy atom. The number of aromatic nitrogens is 1. The van der Waals surface area contributed by atoms with Gasteiger partial charge in [0.15, 0.2) is 0 Å². The number of piperazine rings is 1. The summed E-state index contributed by atoms with van der Waals surface area (Å²) in [6.45, 7) is 4.41. The van der Waals surface area contributed by atoms with E-state index < -0.39 is 0 Å². The Kier molecular flexibility index (Phi) is 5.67. The quantitative estimate of drug-likeness (QED) is 0.903. The number of amides is 1. The molecule has 1 N–H and O–H groups in total. The highest BCUT2D eigenvalue weighted by atomic mass is 35.5. The smallest absolute Gasteiger partial charge is 0.234 e. The number of anilines is 1. The van der Waals surface area contributed by atoms with Crippen molar-refractivity contribution in [1.29, 1.82) is 0 Å². The molecule has 24 heavy (non-hydrogen) atoms. The predicted octanol–water partition coefficient (Wildman–Crippen LogP) is 2.17. The van der Waals surface area contributed by atoms with Crippen LogP contribution in [0.1, 0.15) is 5.56 Å². The zero-order valence-corrected chi connectivity index (χ0v) is 14.2. The normalized spacial score (nSPS) is 15.3. The summed E-state index contributed by atoms with van der Waals surface area (Å²) in [5, 5.41) is 3.65. The van der Waals surface area contributed by atoms with Gasteiger partial charge < -0.3 is 10.2 Å². The van der Waals surface area contributed by atoms with Crippen LogP contribution in [-0.4, -0.2) is 48.5 Å². The van der Waals surface area contributed by atoms with Crippen molar-refractivity contribution in [2.75, 3.05) is 37.6 Å². The molecule has 0 spiro atoms. The van der Waals surface area contributed by atoms with E-state index in [4.69, 9.17) is 11.6 Å². The first-order chi connectivity index (χ1) is 11.7. The van der Waals surface area contributed by atoms with Crippen LogP contribution in [0.25, 0.3) is 0 Å². The molecule has 0 radical (unpaired) electrons. The number of halogens is 1. The van der Waals surface area contributed by atoms with E-state index in [9.17, 15) is 4.79 Å². The molecule has 1 aliphatic rings. The first-order valence-electron chi connectivity index (χ1n) is 8.10. The molecule has 2 heterocycles. The van der Waals surface area contributed by atoms with Gasteiger partial charge in [0.2, 0.25) is 5.91 Å². The number of benzene rings is 1. The van der Waals surface area contributed by atoms with Crippen molar-refractivity contribution in [3.05, 3.63) is 59.4 Å². The Bertz CT molecular complexity index is 672. The van der Waals surface area contributed by atoms with Gasteiger partial charge in [0, 0.05) is 45.1 Å². The molecule has 126 valence electrons. The van der Waals surface area contributed by atoms with Crippen molar-refractivity contribution < 1.29 is 4.79 Å². The summed E-state index contributed by atoms with van der Waals surface area (Å²) >= 11 is 6.20. The zero-order chi connectivity index (χ0) is 16.8. The van der Waals surface area contributed by atoms with E-state index in [1.165, 1.54) is 0 Å². The van der Waals surface area contributed by atoms with Crippen LogP contribution in [0.2, 0.25) is 5.02 Å². The second kappa shape index (κ2) is 8.13. The van der Waals surface area contributed by atoms with Gasteiger partial charge in [0.25, 0.3) is 0 Å². The molecule has 0 aliphatic carbocycles. The van der Waals surface area contributed by atoms with Crippen LogP contribution in [0, 0.1) is 0 Å². The van der Waals surface area contributed by atoms with Gasteiger partial charge in [-0.15, -0.1) is 0 Å². The fourth-order valence-electron chi connectivity index (χ4n) is 2.83. The molecular weight excluding hydrogens is 324 g/mol. The Morgan fingerprint density at radius 3 is 2.58 bits per heavy atom. The number of hydrogen-bond donors (Lipinski definition) is 1. The minimum absolute atomic E-state index is 0.0641. The van der Waals surface area contributed by atoms with Gasteiger partial charge in [0.05, 0.1) is 17.3 Å². The Balaban J connectivity index is 1.44. The maximum absolute atomic E-state index is 12.1. The molecule has 3 rings (SSSR count). The van der Waals surface area contributed by atoms with Gasteiger partial charge in [-0.3, -0.25) is 14.7 Å². The van der Waals surface area contributed by atoms with Crippen LogP contribution in [-0.2, 0) is 11.3 Å². The maximum atomic E-state index is 12.1. The molecule has 0 bridgehead atoms. The van der Waals surface area contributed by atoms with Crippen LogP contribution < -0.4 is 10.2 Å². The lowest BCUT2D eigenvalue weighted by Gasteiger charge is -2.36. The average molecular weight is 345 g/mol. The van der Waals surface area contributed by atoms with Crippen LogP contribution in [0.15, 0.2) is 48.8 Å². The Morgan fingerprint density at radius 1 is 1.12 bits per heavy atom. The molecular formula is C18H21ClN4O. The molecule has 0 saturated carbocycles. The van der Waals surface area contributed by atoms with E-state index in [1.807, 2.05) is 36.4 Å². The SMILES string of the molecule is O=C(CN1CCN(c2ccncc2Cl)CC1)NCc1ccccc1. The minimum Gasteiger partial charge on any atom is -0.368 e. The molecule has 1 aromatic heterocycles. The second-order valence-electron chi connectivity index (χ2n) is 5.85. The zero-order valence-electron chi connectivity index (χ0n) is 13.5. The van der Waals surface area contributed by atoms with Crippen LogP contribution in [0.3, 0.4) is 0 Å². The Hall–Kier alpha value is -2.11. The third-order valence-electron chi connectivity index (χ3n) is 4.16. The molecule has 2 aromatic rings. The van der Waals surface area contributed by atoms with E-state index in [0.717, 1.165) is 37.4 Å². The standard InChI is InChI=1S/C18H21ClN4O/c19-16-13-20-7-6-17(16)23-10-8-22(9-11-23)14-18(24)21-12-15-4-2-1-3-5-15/h1-7,13H,8-12,14H2,(H,21,24). The molecule has 0 unspecified atom stereocenters. The third kappa shape index (κ3) is 4.46. The molecule has 6 heteroatoms. The van der Waals surface area contributed by atoms with E-state index in [1.54, 1.807) is 12.4 Å². The predicted molar refractivity (Wildman–Crippen MR) is 96.2 cm³/mol. The topological polar surface area (TPSA) is 48.5 Å². The maximum Gasteiger partial charge on any atom is 0.234 e. The number of nitrogens with zero attached hydrogens (tertiary/aromatic N) is 3. The van der Waals surface area contributed by atoms with Gasteiger partial charge in [-0.25, -0.2) is 0 Å². The number of carbonyl (C=O) groups is 1. The number of pyridine rings is 1. The highest BCUT2D eigenvalue weighted by Crippen LogP contribution is 2.24. The second-order valence-corrected chi connectivity index (χ2v) is 6.26. The number of hydrogen-bond acceptors (Lipinski definition) is 4. The van der Waals surface area contributed by atoms with E-state index in [2.05, 4.69) is 20.1 Å². The van der Waals surface area contributed by atoms with Crippen molar-refractivity contribution in [3.63, 3.8) is 0 Å². The summed E-state index contributed by atoms with van der Waals surface area (Å²) < 4.78 is 0. The molecule has 1 aliphatic heterocycles. The summed E-state index contributed by atoms with van der Waals surface area (Å²) in [5.41, 5.74) is 2.13. The van der Waals surface area contributed by atoms with Crippen molar-refractivity contribution in [2.45, 2.75) is 6.54 Å². The lowest BCUT2D eigenvalue weighted by atomic mass is 10.2. The van der Waals surface area contributed by atoms with Gasteiger partial charge in [-0.1, -0.05) is 41.9 Å². The fraction of sp³-hybridized carbons (Fsp3) is 0.333. The third-order valence-corrected chi connectivity index (χ3v) is 4.45. The lowest BCUT2D eigenvalue weighted by molar-refractivity contribution is -0.122. The molecule has 5 nitrogen and oxygen atoms in total. The summed E-state index contributed by atoms with van der Waals surface area (Å²) in [5.74, 6) is 0.0641. The van der Waals surface area contributed by atoms with Gasteiger partial charge in [-0.05, 0) is 11.6 Å². The van der Waals surface area contributed by atoms with Gasteiger partial charge in [0.1, 0.15) is 0 Å². The van der Waals surface area contributed by atoms with Crippen molar-refractivity contribution in [1.82, 2.24) is 15.2 Å². The van der Waals surface area contributed by atoms with Crippen molar-refractivity contribution in [3.8, 4) is 0 Å². The number of rotatable bonds is 5. The van der Waals surface area contributed by atoms with E-state index in [-0.39, 0.29) is 5.91 Å². The van der Waals surface area contributed by atoms with Crippen molar-refractivity contribution in [2.24, 2.45) is 0 Å². The molecule has 1 fully saturated rings. The molecule has 1 aromatic carbocycles. The van der Waals surface area contributed by atoms with Gasteiger partial charge in [-0.2, -0.15) is 0 Å². The van der Waals surface area contributed by atoms with Crippen LogP contribution in [0.5, 0.6) is 0 Å². The largest absolute Gasteiger partial charge is 0.368 e. The number of nitrogens with one attached hydrogen (secondary N) is 1. The van der Waals surface area contributed by atoms with E-state index in [0.29, 0.717) is 18.1 Å². The van der Waals surface area contributed by atoms with Gasteiger partial charge >= 0.3 is 0 Å². The molecule has 1 saturated heterocycles. The summed E-state index contributed by atoms with van der Waals surface area (Å²) in [6.07, 6.45) is 3.42. The first kappa shape index (κ1) is 16.7. The highest BCUT2D eigenvalue weighted by molar-refractivity contribution is 6.33. The van der Waals surface area contributed by atoms with Crippen LogP contribution in [0.4, 0.5) is 5.69 Å². The lowest BCUT2D eigenvalue weighted by Crippen LogP contribution is -2.49. The summed E-state index contributed by atoms with van der Waals surface area (Å²) in [7, 11) is 0. The fourth-order valence-corrected chi connectivity index (χ4v) is 3.07. The minimum atomic E-state index is 0.0641. The summed E-state index contributed by atoms with van der Waals surface area (Å²) in [6, 6.07) is 11.9. The monoisotopic (exact) mass is 344 g/mol. The van der Waals surface area contributed by atoms with Crippen LogP contribution >= 0.6 is 11.6 Å². The van der Waals surface area contributed by atoms with Crippen molar-refractivity contribution >= 4 is 23.2 Å². The first-order valence-corrected chi connectivity index (χ1v) is 8.47.